The van der Waals surface area contributed by atoms with Crippen molar-refractivity contribution in [1.82, 2.24) is 4.98 Å². The Morgan fingerprint density at radius 1 is 0.979 bits per heavy atom. The van der Waals surface area contributed by atoms with Gasteiger partial charge in [-0.05, 0) is 99.4 Å². The molecule has 0 saturated carbocycles. The molecule has 0 radical (unpaired) electrons. The topological polar surface area (TPSA) is 83.3 Å². The number of aryl methyl sites for hydroxylation is 1. The van der Waals surface area contributed by atoms with Crippen molar-refractivity contribution >= 4 is 23.1 Å². The van der Waals surface area contributed by atoms with Crippen LogP contribution in [0.4, 0.5) is 32.0 Å². The molecule has 1 amide bonds. The van der Waals surface area contributed by atoms with Gasteiger partial charge in [0.15, 0.2) is 5.69 Å². The van der Waals surface area contributed by atoms with Gasteiger partial charge in [0.2, 0.25) is 5.91 Å². The average molecular weight is 672 g/mol. The number of anilines is 1. The fraction of sp³-hybridized carbons (Fsp3) is 0.389. The quantitative estimate of drug-likeness (QED) is 0.176. The molecule has 1 aliphatic rings. The van der Waals surface area contributed by atoms with Crippen LogP contribution in [-0.2, 0) is 32.1 Å². The predicted octanol–water partition coefficient (Wildman–Crippen LogP) is 9.04. The Balaban J connectivity index is 1.83. The molecule has 6 nitrogen and oxygen atoms in total. The molecule has 0 saturated heterocycles. The lowest BCUT2D eigenvalue weighted by Gasteiger charge is -2.32. The van der Waals surface area contributed by atoms with Crippen LogP contribution >= 0.6 is 0 Å². The average Bonchev–Trinajstić information content (AvgIpc) is 3.03. The third-order valence-electron chi connectivity index (χ3n) is 8.63. The fourth-order valence-corrected chi connectivity index (χ4v) is 5.92. The Morgan fingerprint density at radius 2 is 1.58 bits per heavy atom. The standard InChI is InChI=1S/C36H35F6N3O3/c1-6-48-31(46)15-22-11-13-23(14-12-22)29-19-28(27-10-8-7-9-21(27)2)32(30(20-43)44-29)45(5)33(47)34(3,4)24-16-25(35(37,38)39)18-26(17-24)36(40,41)42/h7-10,13,16-19,22H,6,11-12,14-15H2,1-5H3. The number of carbonyl (C=O) groups excluding carboxylic acids is 2. The van der Waals surface area contributed by atoms with E-state index < -0.39 is 40.4 Å². The molecule has 254 valence electrons. The van der Waals surface area contributed by atoms with E-state index in [1.54, 1.807) is 25.1 Å². The van der Waals surface area contributed by atoms with E-state index in [2.05, 4.69) is 4.98 Å². The predicted molar refractivity (Wildman–Crippen MR) is 169 cm³/mol. The van der Waals surface area contributed by atoms with Crippen molar-refractivity contribution in [3.05, 3.63) is 88.2 Å². The molecular weight excluding hydrogens is 636 g/mol. The normalized spacial score (nSPS) is 15.4. The molecule has 1 aliphatic carbocycles. The summed E-state index contributed by atoms with van der Waals surface area (Å²) in [7, 11) is 1.32. The number of amides is 1. The smallest absolute Gasteiger partial charge is 0.416 e. The van der Waals surface area contributed by atoms with E-state index in [9.17, 15) is 41.2 Å². The lowest BCUT2D eigenvalue weighted by Crippen LogP contribution is -2.42. The maximum absolute atomic E-state index is 14.2. The number of allylic oxidation sites excluding steroid dienone is 2. The molecule has 4 rings (SSSR count). The number of nitriles is 1. The van der Waals surface area contributed by atoms with E-state index >= 15 is 0 Å². The highest BCUT2D eigenvalue weighted by Crippen LogP contribution is 2.43. The van der Waals surface area contributed by atoms with Gasteiger partial charge < -0.3 is 9.64 Å². The number of hydrogen-bond donors (Lipinski definition) is 0. The van der Waals surface area contributed by atoms with Gasteiger partial charge in [-0.25, -0.2) is 4.98 Å². The molecule has 0 fully saturated rings. The minimum Gasteiger partial charge on any atom is -0.466 e. The largest absolute Gasteiger partial charge is 0.466 e. The summed E-state index contributed by atoms with van der Waals surface area (Å²) < 4.78 is 87.2. The first-order valence-electron chi connectivity index (χ1n) is 15.3. The van der Waals surface area contributed by atoms with Crippen LogP contribution in [0.2, 0.25) is 0 Å². The number of alkyl halides is 6. The Kier molecular flexibility index (Phi) is 10.4. The first-order chi connectivity index (χ1) is 22.4. The number of pyridine rings is 1. The maximum atomic E-state index is 14.2. The van der Waals surface area contributed by atoms with Crippen molar-refractivity contribution in [3.8, 4) is 17.2 Å². The number of likely N-dealkylation sites (N-methyl/N-ethyl adjacent to an activating group) is 1. The first kappa shape index (κ1) is 36.2. The zero-order valence-electron chi connectivity index (χ0n) is 27.1. The summed E-state index contributed by atoms with van der Waals surface area (Å²) in [5.41, 5.74) is -2.34. The lowest BCUT2D eigenvalue weighted by molar-refractivity contribution is -0.145. The van der Waals surface area contributed by atoms with Crippen LogP contribution in [0.25, 0.3) is 16.7 Å². The Hall–Kier alpha value is -4.66. The molecule has 12 heteroatoms. The van der Waals surface area contributed by atoms with E-state index in [0.717, 1.165) is 16.0 Å². The van der Waals surface area contributed by atoms with Gasteiger partial charge in [0, 0.05) is 19.0 Å². The highest BCUT2D eigenvalue weighted by atomic mass is 19.4. The van der Waals surface area contributed by atoms with E-state index in [4.69, 9.17) is 4.74 Å². The van der Waals surface area contributed by atoms with Gasteiger partial charge in [0.1, 0.15) is 6.07 Å². The van der Waals surface area contributed by atoms with E-state index in [-0.39, 0.29) is 35.8 Å². The third-order valence-corrected chi connectivity index (χ3v) is 8.63. The van der Waals surface area contributed by atoms with Crippen molar-refractivity contribution in [3.63, 3.8) is 0 Å². The first-order valence-corrected chi connectivity index (χ1v) is 15.3. The van der Waals surface area contributed by atoms with Crippen LogP contribution in [0.5, 0.6) is 0 Å². The second-order valence-electron chi connectivity index (χ2n) is 12.3. The number of rotatable bonds is 8. The number of nitrogens with zero attached hydrogens (tertiary/aromatic N) is 3. The van der Waals surface area contributed by atoms with E-state index in [0.29, 0.717) is 54.8 Å². The molecule has 0 spiro atoms. The SMILES string of the molecule is CCOC(=O)CC1CC=C(c2cc(-c3ccccc3C)c(N(C)C(=O)C(C)(C)c3cc(C(F)(F)F)cc(C(F)(F)F)c3)c(C#N)n2)CC1. The van der Waals surface area contributed by atoms with Crippen LogP contribution in [0, 0.1) is 24.2 Å². The number of benzene rings is 2. The number of halogens is 6. The van der Waals surface area contributed by atoms with Gasteiger partial charge in [0.05, 0.1) is 34.5 Å². The highest BCUT2D eigenvalue weighted by molar-refractivity contribution is 6.04. The second kappa shape index (κ2) is 13.8. The van der Waals surface area contributed by atoms with E-state index in [1.807, 2.05) is 31.2 Å². The summed E-state index contributed by atoms with van der Waals surface area (Å²) in [6.45, 7) is 6.35. The van der Waals surface area contributed by atoms with Gasteiger partial charge in [-0.15, -0.1) is 0 Å². The monoisotopic (exact) mass is 671 g/mol. The Morgan fingerprint density at radius 3 is 2.10 bits per heavy atom. The van der Waals surface area contributed by atoms with Gasteiger partial charge in [-0.3, -0.25) is 9.59 Å². The van der Waals surface area contributed by atoms with Crippen molar-refractivity contribution < 1.29 is 40.7 Å². The second-order valence-corrected chi connectivity index (χ2v) is 12.3. The molecule has 1 aromatic heterocycles. The summed E-state index contributed by atoms with van der Waals surface area (Å²) in [5.74, 6) is -1.04. The number of ether oxygens (including phenoxy) is 1. The number of carbonyl (C=O) groups is 2. The zero-order valence-corrected chi connectivity index (χ0v) is 27.1. The minimum absolute atomic E-state index is 0.0134. The summed E-state index contributed by atoms with van der Waals surface area (Å²) in [6.07, 6.45) is -6.13. The highest BCUT2D eigenvalue weighted by Gasteiger charge is 2.42. The molecule has 0 aliphatic heterocycles. The van der Waals surface area contributed by atoms with Crippen LogP contribution in [0.1, 0.15) is 80.1 Å². The molecule has 48 heavy (non-hydrogen) atoms. The molecule has 2 aromatic carbocycles. The lowest BCUT2D eigenvalue weighted by atomic mass is 9.81. The minimum atomic E-state index is -5.10. The van der Waals surface area contributed by atoms with Gasteiger partial charge in [0.25, 0.3) is 0 Å². The number of esters is 1. The fourth-order valence-electron chi connectivity index (χ4n) is 5.92. The molecule has 0 N–H and O–H groups in total. The van der Waals surface area contributed by atoms with E-state index in [1.165, 1.54) is 20.9 Å². The zero-order chi connectivity index (χ0) is 35.6. The van der Waals surface area contributed by atoms with Gasteiger partial charge >= 0.3 is 18.3 Å². The molecule has 1 atom stereocenters. The number of hydrogen-bond acceptors (Lipinski definition) is 5. The molecule has 0 bridgehead atoms. The summed E-state index contributed by atoms with van der Waals surface area (Å²) in [4.78, 5) is 31.8. The van der Waals surface area contributed by atoms with Crippen LogP contribution in [0.3, 0.4) is 0 Å². The summed E-state index contributed by atoms with van der Waals surface area (Å²) >= 11 is 0. The van der Waals surface area contributed by atoms with Gasteiger partial charge in [-0.1, -0.05) is 30.3 Å². The summed E-state index contributed by atoms with van der Waals surface area (Å²) in [6, 6.07) is 12.1. The Bertz CT molecular complexity index is 1750. The van der Waals surface area contributed by atoms with Gasteiger partial charge in [-0.2, -0.15) is 31.6 Å². The molecule has 1 heterocycles. The maximum Gasteiger partial charge on any atom is 0.416 e. The van der Waals surface area contributed by atoms with Crippen molar-refractivity contribution in [2.24, 2.45) is 5.92 Å². The third kappa shape index (κ3) is 7.72. The molecular formula is C36H35F6N3O3. The van der Waals surface area contributed by atoms with Crippen molar-refractivity contribution in [2.75, 3.05) is 18.6 Å². The van der Waals surface area contributed by atoms with Crippen LogP contribution in [0.15, 0.2) is 54.6 Å². The van der Waals surface area contributed by atoms with Crippen LogP contribution < -0.4 is 4.90 Å². The summed E-state index contributed by atoms with van der Waals surface area (Å²) in [5, 5.41) is 10.3. The number of aromatic nitrogens is 1. The Labute approximate surface area is 275 Å². The molecule has 1 unspecified atom stereocenters. The van der Waals surface area contributed by atoms with Crippen LogP contribution in [-0.4, -0.2) is 30.5 Å². The van der Waals surface area contributed by atoms with Crippen molar-refractivity contribution in [2.45, 2.75) is 71.1 Å². The molecule has 3 aromatic rings. The van der Waals surface area contributed by atoms with Crippen molar-refractivity contribution in [1.29, 1.82) is 5.26 Å².